The number of nitrogens with zero attached hydrogens (tertiary/aromatic N) is 1. The Hall–Kier alpha value is -2.63. The molecule has 0 saturated carbocycles. The van der Waals surface area contributed by atoms with Crippen molar-refractivity contribution in [2.24, 2.45) is 0 Å². The minimum absolute atomic E-state index is 0.192. The lowest BCUT2D eigenvalue weighted by atomic mass is 10.1. The van der Waals surface area contributed by atoms with E-state index in [1.165, 1.54) is 12.1 Å². The highest BCUT2D eigenvalue weighted by Crippen LogP contribution is 2.14. The molecule has 21 heavy (non-hydrogen) atoms. The van der Waals surface area contributed by atoms with Gasteiger partial charge in [0, 0.05) is 6.54 Å². The summed E-state index contributed by atoms with van der Waals surface area (Å²) in [5, 5.41) is 15.5. The predicted octanol–water partition coefficient (Wildman–Crippen LogP) is 2.17. The van der Waals surface area contributed by atoms with Crippen LogP contribution in [0.25, 0.3) is 0 Å². The second-order valence-corrected chi connectivity index (χ2v) is 4.60. The smallest absolute Gasteiger partial charge is 0.335 e. The van der Waals surface area contributed by atoms with E-state index >= 15 is 0 Å². The van der Waals surface area contributed by atoms with Gasteiger partial charge in [-0.15, -0.1) is 0 Å². The van der Waals surface area contributed by atoms with Crippen molar-refractivity contribution >= 4 is 11.9 Å². The Morgan fingerprint density at radius 3 is 2.81 bits per heavy atom. The molecule has 110 valence electrons. The molecule has 0 saturated heterocycles. The molecule has 0 spiro atoms. The lowest BCUT2D eigenvalue weighted by Gasteiger charge is -2.06. The van der Waals surface area contributed by atoms with Gasteiger partial charge in [0.1, 0.15) is 11.3 Å². The fourth-order valence-electron chi connectivity index (χ4n) is 2.04. The average molecular weight is 288 g/mol. The number of hydrogen-bond acceptors (Lipinski definition) is 4. The highest BCUT2D eigenvalue weighted by molar-refractivity contribution is 5.96. The first-order valence-electron chi connectivity index (χ1n) is 6.58. The van der Waals surface area contributed by atoms with Gasteiger partial charge < -0.3 is 14.9 Å². The molecule has 0 bridgehead atoms. The third-order valence-corrected chi connectivity index (χ3v) is 3.12. The zero-order chi connectivity index (χ0) is 15.4. The third-order valence-electron chi connectivity index (χ3n) is 3.12. The molecule has 0 atom stereocenters. The first kappa shape index (κ1) is 14.8. The van der Waals surface area contributed by atoms with E-state index in [0.717, 1.165) is 5.56 Å². The van der Waals surface area contributed by atoms with Gasteiger partial charge in [0.05, 0.1) is 11.3 Å². The van der Waals surface area contributed by atoms with Crippen LogP contribution in [0.1, 0.15) is 44.7 Å². The average Bonchev–Trinajstić information content (AvgIpc) is 2.86. The molecule has 1 amide bonds. The van der Waals surface area contributed by atoms with Crippen molar-refractivity contribution in [3.8, 4) is 0 Å². The first-order valence-corrected chi connectivity index (χ1v) is 6.58. The van der Waals surface area contributed by atoms with Crippen LogP contribution in [0.15, 0.2) is 28.8 Å². The SMILES string of the molecule is CCc1noc(C)c1C(=O)NCc1cccc(C(=O)O)c1. The second kappa shape index (κ2) is 6.21. The summed E-state index contributed by atoms with van der Waals surface area (Å²) in [6.07, 6.45) is 0.606. The molecular formula is C15H16N2O4. The number of aromatic nitrogens is 1. The minimum Gasteiger partial charge on any atom is -0.478 e. The Kier molecular flexibility index (Phi) is 4.37. The zero-order valence-corrected chi connectivity index (χ0v) is 11.8. The maximum atomic E-state index is 12.2. The Labute approximate surface area is 121 Å². The van der Waals surface area contributed by atoms with E-state index in [1.54, 1.807) is 19.1 Å². The van der Waals surface area contributed by atoms with Gasteiger partial charge in [0.2, 0.25) is 0 Å². The molecule has 2 N–H and O–H groups in total. The molecule has 2 aromatic rings. The van der Waals surface area contributed by atoms with E-state index in [1.807, 2.05) is 6.92 Å². The summed E-state index contributed by atoms with van der Waals surface area (Å²) in [4.78, 5) is 23.1. The van der Waals surface area contributed by atoms with Crippen molar-refractivity contribution in [1.29, 1.82) is 0 Å². The first-order chi connectivity index (χ1) is 10.0. The number of carbonyl (C=O) groups excluding carboxylic acids is 1. The van der Waals surface area contributed by atoms with Crippen LogP contribution in [0.4, 0.5) is 0 Å². The van der Waals surface area contributed by atoms with E-state index < -0.39 is 5.97 Å². The maximum absolute atomic E-state index is 12.2. The Morgan fingerprint density at radius 1 is 1.38 bits per heavy atom. The zero-order valence-electron chi connectivity index (χ0n) is 11.8. The van der Waals surface area contributed by atoms with Crippen LogP contribution in [-0.4, -0.2) is 22.1 Å². The van der Waals surface area contributed by atoms with E-state index in [4.69, 9.17) is 9.63 Å². The fraction of sp³-hybridized carbons (Fsp3) is 0.267. The largest absolute Gasteiger partial charge is 0.478 e. The van der Waals surface area contributed by atoms with Gasteiger partial charge >= 0.3 is 5.97 Å². The number of aryl methyl sites for hydroxylation is 2. The molecule has 1 aromatic carbocycles. The van der Waals surface area contributed by atoms with E-state index in [0.29, 0.717) is 23.4 Å². The molecular weight excluding hydrogens is 272 g/mol. The van der Waals surface area contributed by atoms with Gasteiger partial charge in [-0.1, -0.05) is 24.2 Å². The van der Waals surface area contributed by atoms with Gasteiger partial charge in [0.15, 0.2) is 0 Å². The van der Waals surface area contributed by atoms with Crippen molar-refractivity contribution in [3.63, 3.8) is 0 Å². The van der Waals surface area contributed by atoms with Crippen LogP contribution in [-0.2, 0) is 13.0 Å². The van der Waals surface area contributed by atoms with Gasteiger partial charge in [-0.3, -0.25) is 4.79 Å². The molecule has 0 aliphatic rings. The summed E-state index contributed by atoms with van der Waals surface area (Å²) in [7, 11) is 0. The highest BCUT2D eigenvalue weighted by atomic mass is 16.5. The summed E-state index contributed by atoms with van der Waals surface area (Å²) in [5.41, 5.74) is 1.98. The van der Waals surface area contributed by atoms with Crippen LogP contribution in [0, 0.1) is 6.92 Å². The molecule has 0 radical (unpaired) electrons. The van der Waals surface area contributed by atoms with Crippen LogP contribution in [0.5, 0.6) is 0 Å². The van der Waals surface area contributed by atoms with E-state index in [9.17, 15) is 9.59 Å². The van der Waals surface area contributed by atoms with Crippen LogP contribution in [0.2, 0.25) is 0 Å². The van der Waals surface area contributed by atoms with Crippen molar-refractivity contribution in [2.45, 2.75) is 26.8 Å². The second-order valence-electron chi connectivity index (χ2n) is 4.60. The van der Waals surface area contributed by atoms with Gasteiger partial charge in [-0.2, -0.15) is 0 Å². The number of amides is 1. The van der Waals surface area contributed by atoms with Crippen molar-refractivity contribution in [2.75, 3.05) is 0 Å². The molecule has 2 rings (SSSR count). The topological polar surface area (TPSA) is 92.4 Å². The molecule has 1 aromatic heterocycles. The lowest BCUT2D eigenvalue weighted by molar-refractivity contribution is 0.0696. The third kappa shape index (κ3) is 3.28. The number of hydrogen-bond donors (Lipinski definition) is 2. The van der Waals surface area contributed by atoms with Crippen LogP contribution >= 0.6 is 0 Å². The number of carboxylic acids is 1. The normalized spacial score (nSPS) is 10.4. The monoisotopic (exact) mass is 288 g/mol. The van der Waals surface area contributed by atoms with Gasteiger partial charge in [-0.05, 0) is 31.0 Å². The molecule has 1 heterocycles. The highest BCUT2D eigenvalue weighted by Gasteiger charge is 2.18. The van der Waals surface area contributed by atoms with Gasteiger partial charge in [-0.25, -0.2) is 4.79 Å². The molecule has 6 heteroatoms. The van der Waals surface area contributed by atoms with Crippen molar-refractivity contribution in [1.82, 2.24) is 10.5 Å². The van der Waals surface area contributed by atoms with E-state index in [2.05, 4.69) is 10.5 Å². The predicted molar refractivity (Wildman–Crippen MR) is 75.2 cm³/mol. The molecule has 0 aliphatic heterocycles. The molecule has 0 fully saturated rings. The Morgan fingerprint density at radius 2 is 2.14 bits per heavy atom. The minimum atomic E-state index is -0.994. The quantitative estimate of drug-likeness (QED) is 0.879. The van der Waals surface area contributed by atoms with Gasteiger partial charge in [0.25, 0.3) is 5.91 Å². The fourth-order valence-corrected chi connectivity index (χ4v) is 2.04. The number of rotatable bonds is 5. The molecule has 6 nitrogen and oxygen atoms in total. The van der Waals surface area contributed by atoms with E-state index in [-0.39, 0.29) is 18.0 Å². The number of carboxylic acid groups (broad SMARTS) is 1. The van der Waals surface area contributed by atoms with Crippen molar-refractivity contribution in [3.05, 3.63) is 52.4 Å². The summed E-state index contributed by atoms with van der Waals surface area (Å²) in [6, 6.07) is 6.44. The number of aromatic carboxylic acids is 1. The number of nitrogens with one attached hydrogen (secondary N) is 1. The molecule has 0 aliphatic carbocycles. The van der Waals surface area contributed by atoms with Crippen LogP contribution in [0.3, 0.4) is 0 Å². The summed E-state index contributed by atoms with van der Waals surface area (Å²) < 4.78 is 5.02. The summed E-state index contributed by atoms with van der Waals surface area (Å²) >= 11 is 0. The maximum Gasteiger partial charge on any atom is 0.335 e. The Bertz CT molecular complexity index is 676. The summed E-state index contributed by atoms with van der Waals surface area (Å²) in [5.74, 6) is -0.790. The summed E-state index contributed by atoms with van der Waals surface area (Å²) in [6.45, 7) is 3.82. The van der Waals surface area contributed by atoms with Crippen molar-refractivity contribution < 1.29 is 19.2 Å². The number of benzene rings is 1. The lowest BCUT2D eigenvalue weighted by Crippen LogP contribution is -2.24. The standard InChI is InChI=1S/C15H16N2O4/c1-3-12-13(9(2)21-17-12)14(18)16-8-10-5-4-6-11(7-10)15(19)20/h4-7H,3,8H2,1-2H3,(H,16,18)(H,19,20). The Balaban J connectivity index is 2.09. The van der Waals surface area contributed by atoms with Crippen LogP contribution < -0.4 is 5.32 Å². The molecule has 0 unspecified atom stereocenters. The number of carbonyl (C=O) groups is 2.